The summed E-state index contributed by atoms with van der Waals surface area (Å²) in [5.74, 6) is 0.0698. The summed E-state index contributed by atoms with van der Waals surface area (Å²) in [4.78, 5) is 44.6. The Hall–Kier alpha value is -4.76. The summed E-state index contributed by atoms with van der Waals surface area (Å²) in [5, 5.41) is 6.13. The molecule has 9 heteroatoms. The number of methoxy groups -OCH3 is 1. The van der Waals surface area contributed by atoms with Gasteiger partial charge in [-0.25, -0.2) is 4.98 Å². The Bertz CT molecular complexity index is 1670. The second kappa shape index (κ2) is 13.0. The average Bonchev–Trinajstić information content (AvgIpc) is 2.98. The highest BCUT2D eigenvalue weighted by molar-refractivity contribution is 6.05. The van der Waals surface area contributed by atoms with Crippen molar-refractivity contribution in [3.63, 3.8) is 0 Å². The minimum Gasteiger partial charge on any atom is -0.383 e. The zero-order valence-electron chi connectivity index (χ0n) is 25.8. The molecule has 4 aromatic rings. The monoisotopic (exact) mass is 581 g/mol. The van der Waals surface area contributed by atoms with Crippen molar-refractivity contribution in [2.45, 2.75) is 33.1 Å². The normalized spacial score (nSPS) is 11.2. The van der Waals surface area contributed by atoms with Gasteiger partial charge in [0.2, 0.25) is 0 Å². The zero-order valence-corrected chi connectivity index (χ0v) is 25.8. The number of ether oxygens (including phenoxy) is 1. The number of benzene rings is 2. The van der Waals surface area contributed by atoms with E-state index in [0.717, 1.165) is 22.3 Å². The highest BCUT2D eigenvalue weighted by Crippen LogP contribution is 2.30. The maximum Gasteiger partial charge on any atom is 0.274 e. The van der Waals surface area contributed by atoms with E-state index in [0.29, 0.717) is 41.5 Å². The fraction of sp³-hybridized carbons (Fsp3) is 0.294. The van der Waals surface area contributed by atoms with Gasteiger partial charge in [0.25, 0.3) is 17.4 Å². The molecule has 4 rings (SSSR count). The number of nitrogens with one attached hydrogen (secondary N) is 2. The lowest BCUT2D eigenvalue weighted by molar-refractivity contribution is 0.0743. The summed E-state index contributed by atoms with van der Waals surface area (Å²) in [6.07, 6.45) is 3.24. The van der Waals surface area contributed by atoms with Crippen molar-refractivity contribution in [2.24, 2.45) is 7.05 Å². The van der Waals surface area contributed by atoms with Gasteiger partial charge in [-0.05, 0) is 65.4 Å². The predicted octanol–water partition coefficient (Wildman–Crippen LogP) is 5.77. The van der Waals surface area contributed by atoms with Gasteiger partial charge in [0, 0.05) is 57.0 Å². The molecule has 2 N–H and O–H groups in total. The molecule has 2 amide bonds. The molecule has 0 saturated heterocycles. The molecule has 0 saturated carbocycles. The SMILES string of the molecule is COCCN(C)C(=O)c1ccc(Nc2cc(-c3cccc(NC(=O)c4ccc(C(C)(C)C)cc4)c3C)cn(C)c2=O)nc1. The third-order valence-corrected chi connectivity index (χ3v) is 7.34. The van der Waals surface area contributed by atoms with Gasteiger partial charge < -0.3 is 24.8 Å². The Morgan fingerprint density at radius 3 is 2.33 bits per heavy atom. The van der Waals surface area contributed by atoms with Crippen molar-refractivity contribution in [3.8, 4) is 11.1 Å². The van der Waals surface area contributed by atoms with Crippen LogP contribution in [0.3, 0.4) is 0 Å². The molecular weight excluding hydrogens is 542 g/mol. The third-order valence-electron chi connectivity index (χ3n) is 7.34. The number of hydrogen-bond donors (Lipinski definition) is 2. The second-order valence-corrected chi connectivity index (χ2v) is 11.6. The van der Waals surface area contributed by atoms with Gasteiger partial charge in [-0.2, -0.15) is 0 Å². The molecule has 0 aliphatic heterocycles. The molecule has 0 bridgehead atoms. The number of carbonyl (C=O) groups excluding carboxylic acids is 2. The third kappa shape index (κ3) is 7.37. The van der Waals surface area contributed by atoms with E-state index >= 15 is 0 Å². The fourth-order valence-corrected chi connectivity index (χ4v) is 4.63. The van der Waals surface area contributed by atoms with Gasteiger partial charge in [-0.1, -0.05) is 45.0 Å². The van der Waals surface area contributed by atoms with Crippen LogP contribution in [0.1, 0.15) is 52.6 Å². The van der Waals surface area contributed by atoms with Gasteiger partial charge >= 0.3 is 0 Å². The van der Waals surface area contributed by atoms with Crippen LogP contribution in [0.4, 0.5) is 17.2 Å². The molecule has 0 aliphatic rings. The van der Waals surface area contributed by atoms with Gasteiger partial charge in [0.1, 0.15) is 11.5 Å². The maximum absolute atomic E-state index is 13.1. The number of anilines is 3. The number of likely N-dealkylation sites (N-methyl/N-ethyl adjacent to an activating group) is 1. The number of aryl methyl sites for hydroxylation is 1. The minimum atomic E-state index is -0.231. The van der Waals surface area contributed by atoms with E-state index in [4.69, 9.17) is 4.74 Å². The van der Waals surface area contributed by atoms with Crippen LogP contribution in [0.25, 0.3) is 11.1 Å². The molecular formula is C34H39N5O4. The van der Waals surface area contributed by atoms with Crippen LogP contribution in [0, 0.1) is 6.92 Å². The smallest absolute Gasteiger partial charge is 0.274 e. The summed E-state index contributed by atoms with van der Waals surface area (Å²) >= 11 is 0. The first-order chi connectivity index (χ1) is 20.4. The molecule has 0 radical (unpaired) electrons. The van der Waals surface area contributed by atoms with Crippen molar-refractivity contribution in [3.05, 3.63) is 106 Å². The Balaban J connectivity index is 1.55. The molecule has 2 aromatic carbocycles. The Morgan fingerprint density at radius 1 is 1.00 bits per heavy atom. The van der Waals surface area contributed by atoms with Crippen LogP contribution < -0.4 is 16.2 Å². The highest BCUT2D eigenvalue weighted by atomic mass is 16.5. The van der Waals surface area contributed by atoms with E-state index in [1.807, 2.05) is 49.4 Å². The predicted molar refractivity (Wildman–Crippen MR) is 171 cm³/mol. The Morgan fingerprint density at radius 2 is 1.70 bits per heavy atom. The van der Waals surface area contributed by atoms with E-state index in [9.17, 15) is 14.4 Å². The number of pyridine rings is 2. The van der Waals surface area contributed by atoms with E-state index in [2.05, 4.69) is 36.4 Å². The van der Waals surface area contributed by atoms with Crippen molar-refractivity contribution in [1.29, 1.82) is 0 Å². The van der Waals surface area contributed by atoms with Crippen LogP contribution in [0.2, 0.25) is 0 Å². The van der Waals surface area contributed by atoms with Crippen molar-refractivity contribution in [2.75, 3.05) is 37.9 Å². The number of carbonyl (C=O) groups is 2. The van der Waals surface area contributed by atoms with Gasteiger partial charge in [0.05, 0.1) is 12.2 Å². The summed E-state index contributed by atoms with van der Waals surface area (Å²) < 4.78 is 6.54. The first kappa shape index (κ1) is 31.2. The Labute approximate surface area is 252 Å². The average molecular weight is 582 g/mol. The molecule has 0 fully saturated rings. The second-order valence-electron chi connectivity index (χ2n) is 11.6. The topological polar surface area (TPSA) is 106 Å². The molecule has 0 unspecified atom stereocenters. The lowest BCUT2D eigenvalue weighted by Gasteiger charge is -2.19. The lowest BCUT2D eigenvalue weighted by atomic mass is 9.86. The van der Waals surface area contributed by atoms with Gasteiger partial charge in [0.15, 0.2) is 0 Å². The van der Waals surface area contributed by atoms with Crippen LogP contribution in [0.15, 0.2) is 77.9 Å². The van der Waals surface area contributed by atoms with Crippen LogP contribution in [-0.4, -0.2) is 53.6 Å². The van der Waals surface area contributed by atoms with Gasteiger partial charge in [-0.15, -0.1) is 0 Å². The Kier molecular flexibility index (Phi) is 9.46. The van der Waals surface area contributed by atoms with E-state index in [1.165, 1.54) is 10.8 Å². The summed E-state index contributed by atoms with van der Waals surface area (Å²) in [6.45, 7) is 9.25. The largest absolute Gasteiger partial charge is 0.383 e. The number of rotatable bonds is 9. The molecule has 2 heterocycles. The molecule has 43 heavy (non-hydrogen) atoms. The molecule has 224 valence electrons. The molecule has 2 aromatic heterocycles. The van der Waals surface area contributed by atoms with E-state index < -0.39 is 0 Å². The van der Waals surface area contributed by atoms with Gasteiger partial charge in [-0.3, -0.25) is 14.4 Å². The van der Waals surface area contributed by atoms with E-state index in [-0.39, 0.29) is 22.8 Å². The van der Waals surface area contributed by atoms with Crippen LogP contribution in [0.5, 0.6) is 0 Å². The number of amides is 2. The number of hydrogen-bond acceptors (Lipinski definition) is 6. The first-order valence-electron chi connectivity index (χ1n) is 14.1. The minimum absolute atomic E-state index is 0.00305. The quantitative estimate of drug-likeness (QED) is 0.260. The molecule has 9 nitrogen and oxygen atoms in total. The standard InChI is InChI=1S/C34H39N5O4/c1-22-27(9-8-10-28(22)37-31(40)23-11-14-26(15-12-23)34(2,3)4)25-19-29(33(42)39(6)21-25)36-30-16-13-24(20-35-30)32(41)38(5)17-18-43-7/h8-16,19-21H,17-18H2,1-7H3,(H,35,36)(H,37,40). The molecule has 0 spiro atoms. The highest BCUT2D eigenvalue weighted by Gasteiger charge is 2.17. The first-order valence-corrected chi connectivity index (χ1v) is 14.1. The molecule has 0 atom stereocenters. The van der Waals surface area contributed by atoms with Crippen molar-refractivity contribution >= 4 is 29.0 Å². The lowest BCUT2D eigenvalue weighted by Crippen LogP contribution is -2.30. The van der Waals surface area contributed by atoms with Crippen molar-refractivity contribution in [1.82, 2.24) is 14.5 Å². The van der Waals surface area contributed by atoms with Crippen LogP contribution in [-0.2, 0) is 17.2 Å². The van der Waals surface area contributed by atoms with E-state index in [1.54, 1.807) is 50.5 Å². The summed E-state index contributed by atoms with van der Waals surface area (Å²) in [6, 6.07) is 18.4. The zero-order chi connectivity index (χ0) is 31.3. The van der Waals surface area contributed by atoms with Crippen LogP contribution >= 0.6 is 0 Å². The number of aromatic nitrogens is 2. The summed E-state index contributed by atoms with van der Waals surface area (Å²) in [5.41, 5.74) is 5.48. The number of nitrogens with zero attached hydrogens (tertiary/aromatic N) is 3. The molecule has 0 aliphatic carbocycles. The van der Waals surface area contributed by atoms with Crippen molar-refractivity contribution < 1.29 is 14.3 Å². The fourth-order valence-electron chi connectivity index (χ4n) is 4.63. The summed E-state index contributed by atoms with van der Waals surface area (Å²) in [7, 11) is 4.98. The maximum atomic E-state index is 13.1.